The summed E-state index contributed by atoms with van der Waals surface area (Å²) in [5.74, 6) is 0.0148. The van der Waals surface area contributed by atoms with Gasteiger partial charge in [0.2, 0.25) is 5.91 Å². The maximum Gasteiger partial charge on any atom is 0.253 e. The summed E-state index contributed by atoms with van der Waals surface area (Å²) in [7, 11) is 3.92. The Morgan fingerprint density at radius 1 is 1.17 bits per heavy atom. The van der Waals surface area contributed by atoms with Crippen LogP contribution in [0.3, 0.4) is 0 Å². The molecule has 1 aromatic carbocycles. The van der Waals surface area contributed by atoms with Crippen molar-refractivity contribution < 1.29 is 9.59 Å². The van der Waals surface area contributed by atoms with Crippen molar-refractivity contribution in [1.29, 1.82) is 0 Å². The van der Waals surface area contributed by atoms with E-state index in [0.717, 1.165) is 32.5 Å². The van der Waals surface area contributed by atoms with E-state index in [0.29, 0.717) is 17.7 Å². The Balaban J connectivity index is 1.87. The van der Waals surface area contributed by atoms with Gasteiger partial charge in [-0.1, -0.05) is 0 Å². The number of nitrogens with zero attached hydrogens (tertiary/aromatic N) is 2. The van der Waals surface area contributed by atoms with Crippen molar-refractivity contribution >= 4 is 30.1 Å². The molecule has 0 saturated carbocycles. The molecular weight excluding hydrogens is 322 g/mol. The molecule has 2 amide bonds. The van der Waals surface area contributed by atoms with Crippen LogP contribution in [0, 0.1) is 0 Å². The molecule has 0 aliphatic carbocycles. The van der Waals surface area contributed by atoms with Gasteiger partial charge in [0, 0.05) is 42.6 Å². The van der Waals surface area contributed by atoms with E-state index in [4.69, 9.17) is 0 Å². The van der Waals surface area contributed by atoms with Crippen LogP contribution in [0.25, 0.3) is 0 Å². The second-order valence-electron chi connectivity index (χ2n) is 6.60. The van der Waals surface area contributed by atoms with Gasteiger partial charge in [-0.15, -0.1) is 0 Å². The van der Waals surface area contributed by atoms with Gasteiger partial charge in [-0.2, -0.15) is 12.6 Å². The van der Waals surface area contributed by atoms with Gasteiger partial charge in [0.15, 0.2) is 0 Å². The highest BCUT2D eigenvalue weighted by Crippen LogP contribution is 2.16. The van der Waals surface area contributed by atoms with Crippen molar-refractivity contribution in [2.24, 2.45) is 0 Å². The van der Waals surface area contributed by atoms with E-state index in [1.807, 2.05) is 23.9 Å². The Morgan fingerprint density at radius 3 is 2.38 bits per heavy atom. The highest BCUT2D eigenvalue weighted by atomic mass is 32.1. The van der Waals surface area contributed by atoms with Gasteiger partial charge in [0.05, 0.1) is 0 Å². The highest BCUT2D eigenvalue weighted by molar-refractivity contribution is 7.81. The zero-order chi connectivity index (χ0) is 17.5. The number of piperidine rings is 1. The third-order valence-corrected chi connectivity index (χ3v) is 4.40. The number of anilines is 1. The lowest BCUT2D eigenvalue weighted by Gasteiger charge is -2.26. The molecule has 2 rings (SSSR count). The monoisotopic (exact) mass is 349 g/mol. The lowest BCUT2D eigenvalue weighted by Crippen LogP contribution is -2.35. The Hall–Kier alpha value is -1.53. The molecule has 1 aliphatic heterocycles. The van der Waals surface area contributed by atoms with Crippen molar-refractivity contribution in [3.8, 4) is 0 Å². The summed E-state index contributed by atoms with van der Waals surface area (Å²) in [6.45, 7) is 2.43. The van der Waals surface area contributed by atoms with E-state index in [2.05, 4.69) is 17.9 Å². The minimum atomic E-state index is -0.0630. The molecule has 1 aromatic rings. The fourth-order valence-corrected chi connectivity index (χ4v) is 3.38. The Bertz CT molecular complexity index is 554. The fourth-order valence-electron chi connectivity index (χ4n) is 2.89. The van der Waals surface area contributed by atoms with Crippen LogP contribution in [0.5, 0.6) is 0 Å². The van der Waals surface area contributed by atoms with E-state index in [1.165, 1.54) is 6.42 Å². The number of hydrogen-bond acceptors (Lipinski definition) is 4. The third kappa shape index (κ3) is 5.83. The van der Waals surface area contributed by atoms with E-state index in [-0.39, 0.29) is 17.1 Å². The van der Waals surface area contributed by atoms with Gasteiger partial charge < -0.3 is 15.1 Å². The summed E-state index contributed by atoms with van der Waals surface area (Å²) in [5, 5.41) is 2.86. The average Bonchev–Trinajstić information content (AvgIpc) is 2.54. The van der Waals surface area contributed by atoms with E-state index >= 15 is 0 Å². The fraction of sp³-hybridized carbons (Fsp3) is 0.556. The summed E-state index contributed by atoms with van der Waals surface area (Å²) < 4.78 is 0. The van der Waals surface area contributed by atoms with Crippen LogP contribution in [0.1, 0.15) is 36.0 Å². The van der Waals surface area contributed by atoms with Crippen molar-refractivity contribution in [1.82, 2.24) is 9.80 Å². The number of rotatable bonds is 6. The molecule has 0 radical (unpaired) electrons. The largest absolute Gasteiger partial charge is 0.339 e. The topological polar surface area (TPSA) is 52.7 Å². The number of hydrogen-bond donors (Lipinski definition) is 2. The number of carbonyl (C=O) groups excluding carboxylic acids is 2. The SMILES string of the molecule is CN(C)CC(S)CC(=O)Nc1ccc(C(=O)N2CCCCC2)cc1. The number of thiol groups is 1. The van der Waals surface area contributed by atoms with Crippen molar-refractivity contribution in [2.45, 2.75) is 30.9 Å². The minimum absolute atomic E-state index is 0.0000440. The number of nitrogens with one attached hydrogen (secondary N) is 1. The average molecular weight is 350 g/mol. The molecule has 5 nitrogen and oxygen atoms in total. The first-order valence-electron chi connectivity index (χ1n) is 8.47. The quantitative estimate of drug-likeness (QED) is 0.776. The minimum Gasteiger partial charge on any atom is -0.339 e. The highest BCUT2D eigenvalue weighted by Gasteiger charge is 2.18. The van der Waals surface area contributed by atoms with Crippen molar-refractivity contribution in [2.75, 3.05) is 39.0 Å². The Morgan fingerprint density at radius 2 is 1.79 bits per heavy atom. The van der Waals surface area contributed by atoms with Gasteiger partial charge in [-0.25, -0.2) is 0 Å². The molecular formula is C18H27N3O2S. The molecule has 132 valence electrons. The molecule has 6 heteroatoms. The Labute approximate surface area is 149 Å². The summed E-state index contributed by atoms with van der Waals surface area (Å²) in [4.78, 5) is 28.3. The number of amides is 2. The summed E-state index contributed by atoms with van der Waals surface area (Å²) >= 11 is 4.42. The molecule has 0 spiro atoms. The predicted octanol–water partition coefficient (Wildman–Crippen LogP) is 2.50. The summed E-state index contributed by atoms with van der Waals surface area (Å²) in [6, 6.07) is 7.14. The van der Waals surface area contributed by atoms with Crippen LogP contribution in [-0.4, -0.2) is 60.6 Å². The maximum absolute atomic E-state index is 12.4. The number of benzene rings is 1. The molecule has 1 N–H and O–H groups in total. The lowest BCUT2D eigenvalue weighted by molar-refractivity contribution is -0.116. The first-order valence-corrected chi connectivity index (χ1v) is 8.99. The molecule has 1 saturated heterocycles. The van der Waals surface area contributed by atoms with Gasteiger partial charge in [-0.3, -0.25) is 9.59 Å². The van der Waals surface area contributed by atoms with Gasteiger partial charge >= 0.3 is 0 Å². The van der Waals surface area contributed by atoms with Crippen LogP contribution in [0.15, 0.2) is 24.3 Å². The van der Waals surface area contributed by atoms with Crippen molar-refractivity contribution in [3.05, 3.63) is 29.8 Å². The number of carbonyl (C=O) groups is 2. The lowest BCUT2D eigenvalue weighted by atomic mass is 10.1. The van der Waals surface area contributed by atoms with E-state index in [1.54, 1.807) is 24.3 Å². The predicted molar refractivity (Wildman–Crippen MR) is 101 cm³/mol. The van der Waals surface area contributed by atoms with Crippen LogP contribution in [0.4, 0.5) is 5.69 Å². The van der Waals surface area contributed by atoms with E-state index < -0.39 is 0 Å². The molecule has 1 unspecified atom stereocenters. The van der Waals surface area contributed by atoms with Crippen LogP contribution in [0.2, 0.25) is 0 Å². The molecule has 24 heavy (non-hydrogen) atoms. The van der Waals surface area contributed by atoms with Gasteiger partial charge in [0.25, 0.3) is 5.91 Å². The number of likely N-dealkylation sites (tertiary alicyclic amines) is 1. The van der Waals surface area contributed by atoms with Crippen LogP contribution >= 0.6 is 12.6 Å². The second kappa shape index (κ2) is 9.08. The molecule has 1 aliphatic rings. The van der Waals surface area contributed by atoms with Gasteiger partial charge in [-0.05, 0) is 57.6 Å². The summed E-state index contributed by atoms with van der Waals surface area (Å²) in [5.41, 5.74) is 1.38. The second-order valence-corrected chi connectivity index (χ2v) is 7.33. The zero-order valence-corrected chi connectivity index (χ0v) is 15.4. The first-order chi connectivity index (χ1) is 11.5. The summed E-state index contributed by atoms with van der Waals surface area (Å²) in [6.07, 6.45) is 3.72. The third-order valence-electron chi connectivity index (χ3n) is 4.06. The Kier molecular flexibility index (Phi) is 7.12. The standard InChI is InChI=1S/C18H27N3O2S/c1-20(2)13-16(24)12-17(22)19-15-8-6-14(7-9-15)18(23)21-10-4-3-5-11-21/h6-9,16,24H,3-5,10-13H2,1-2H3,(H,19,22). The van der Waals surface area contributed by atoms with Gasteiger partial charge in [0.1, 0.15) is 0 Å². The maximum atomic E-state index is 12.4. The molecule has 1 heterocycles. The van der Waals surface area contributed by atoms with Crippen LogP contribution in [-0.2, 0) is 4.79 Å². The molecule has 0 bridgehead atoms. The molecule has 1 fully saturated rings. The zero-order valence-electron chi connectivity index (χ0n) is 14.5. The smallest absolute Gasteiger partial charge is 0.253 e. The first kappa shape index (κ1) is 18.8. The molecule has 0 aromatic heterocycles. The van der Waals surface area contributed by atoms with E-state index in [9.17, 15) is 9.59 Å². The van der Waals surface area contributed by atoms with Crippen LogP contribution < -0.4 is 5.32 Å². The van der Waals surface area contributed by atoms with Crippen molar-refractivity contribution in [3.63, 3.8) is 0 Å². The molecule has 1 atom stereocenters. The normalized spacial score (nSPS) is 16.1.